The van der Waals surface area contributed by atoms with E-state index in [1.165, 1.54) is 47.4 Å². The fourth-order valence-electron chi connectivity index (χ4n) is 12.3. The van der Waals surface area contributed by atoms with E-state index in [0.29, 0.717) is 94.6 Å². The molecule has 0 bridgehead atoms. The second-order valence-electron chi connectivity index (χ2n) is 24.7. The lowest BCUT2D eigenvalue weighted by Crippen LogP contribution is -2.52. The number of carbonyl (C=O) groups excluding carboxylic acids is 2. The number of nitriles is 3. The van der Waals surface area contributed by atoms with Crippen molar-refractivity contribution in [3.05, 3.63) is 212 Å². The van der Waals surface area contributed by atoms with Gasteiger partial charge in [0.05, 0.1) is 81.3 Å². The van der Waals surface area contributed by atoms with Crippen molar-refractivity contribution in [1.82, 2.24) is 10.6 Å². The van der Waals surface area contributed by atoms with Gasteiger partial charge >= 0.3 is 0 Å². The van der Waals surface area contributed by atoms with Gasteiger partial charge in [0, 0.05) is 81.0 Å². The molecule has 6 aromatic carbocycles. The summed E-state index contributed by atoms with van der Waals surface area (Å²) in [5, 5.41) is 52.9. The third-order valence-electron chi connectivity index (χ3n) is 17.8. The molecule has 6 aliphatic heterocycles. The number of aliphatic imine (C=N–C) groups is 3. The standard InChI is InChI=1S/C29H25F2N3O3S.C22H19F2N3O3S.C15H15F2N3O2S.C11H4.C10H2.CH4/c30-25-13-26(31)24(11-21(25)14-32)29-18-37-23(16-36-15-19-7-3-1-4-8-19)12-22(29)17-38-28(34-29)33-27(35)20-9-5-2-6-10-20;23-18-8-19(24)17(6-14(18)9-25)22-12-30-16(10-28)7-15(22)11-31-21(27-22)26-20(29)13-4-2-1-3-5-13;16-12-3-13(17)11(1-8(12)4-18)15-7-22-10(5-21)2-9(15)6-23-14(19)20-15;1-3-5-7-9-11-10-8-6-4-2;1-3-5-7-9-10-8-6-4-2;/h1-11,13,22-23H,12,15-18H2,(H,33,34,35);1-6,8,15-16,28H,7,10-12H2,(H,26,27,29);1,3,9-10,21H,2,5-7H2,(H2,19,20);1H,2H3;1-2H;1H4/t22-,23+,29-;15-,16+,22-;9-,10+,15-;;;/m000.../s1. The van der Waals surface area contributed by atoms with Crippen LogP contribution in [0.15, 0.2) is 142 Å². The number of rotatable bonds is 11. The summed E-state index contributed by atoms with van der Waals surface area (Å²) in [7, 11) is 0. The Morgan fingerprint density at radius 2 is 0.833 bits per heavy atom. The van der Waals surface area contributed by atoms with Crippen LogP contribution < -0.4 is 16.4 Å². The number of nitrogens with one attached hydrogen (secondary N) is 2. The molecule has 574 valence electrons. The van der Waals surface area contributed by atoms with Gasteiger partial charge in [0.15, 0.2) is 15.5 Å². The molecule has 6 aromatic rings. The quantitative estimate of drug-likeness (QED) is 0.0596. The van der Waals surface area contributed by atoms with E-state index < -0.39 is 57.6 Å². The highest BCUT2D eigenvalue weighted by molar-refractivity contribution is 8.14. The predicted octanol–water partition coefficient (Wildman–Crippen LogP) is 11.2. The highest BCUT2D eigenvalue weighted by Gasteiger charge is 2.53. The Morgan fingerprint density at radius 3 is 1.19 bits per heavy atom. The highest BCUT2D eigenvalue weighted by Crippen LogP contribution is 2.50. The second-order valence-corrected chi connectivity index (χ2v) is 27.7. The Balaban J connectivity index is 0.000000213. The number of ether oxygens (including phenoxy) is 4. The van der Waals surface area contributed by atoms with Gasteiger partial charge in [-0.15, -0.1) is 19.3 Å². The van der Waals surface area contributed by atoms with Gasteiger partial charge in [-0.2, -0.15) is 15.8 Å². The molecule has 6 heterocycles. The van der Waals surface area contributed by atoms with Crippen LogP contribution in [0.5, 0.6) is 0 Å². The molecule has 17 nitrogen and oxygen atoms in total. The Morgan fingerprint density at radius 1 is 0.500 bits per heavy atom. The van der Waals surface area contributed by atoms with Gasteiger partial charge in [-0.25, -0.2) is 41.3 Å². The Labute approximate surface area is 671 Å². The molecule has 0 saturated carbocycles. The van der Waals surface area contributed by atoms with E-state index in [4.69, 9.17) is 54.2 Å². The maximum atomic E-state index is 15.3. The maximum absolute atomic E-state index is 15.3. The normalized spacial score (nSPS) is 21.1. The molecule has 0 unspecified atom stereocenters. The molecule has 0 aliphatic carbocycles. The molecule has 3 saturated heterocycles. The topological polar surface area (TPSA) is 270 Å². The minimum Gasteiger partial charge on any atom is -0.394 e. The van der Waals surface area contributed by atoms with Crippen LogP contribution in [0.4, 0.5) is 26.3 Å². The number of hydrogen-bond acceptors (Lipinski definition) is 18. The average Bonchev–Trinajstić information content (AvgIpc) is 0.750. The van der Waals surface area contributed by atoms with Gasteiger partial charge in [0.25, 0.3) is 11.8 Å². The van der Waals surface area contributed by atoms with E-state index in [9.17, 15) is 52.3 Å². The van der Waals surface area contributed by atoms with Crippen LogP contribution >= 0.6 is 35.3 Å². The zero-order valence-electron chi connectivity index (χ0n) is 60.1. The summed E-state index contributed by atoms with van der Waals surface area (Å²) in [4.78, 5) is 39.3. The van der Waals surface area contributed by atoms with Gasteiger partial charge in [-0.3, -0.25) is 9.59 Å². The minimum atomic E-state index is -1.25. The lowest BCUT2D eigenvalue weighted by molar-refractivity contribution is -0.0927. The number of terminal acetylenes is 3. The molecule has 0 aromatic heterocycles. The first-order valence-corrected chi connectivity index (χ1v) is 37.1. The molecule has 9 atom stereocenters. The predicted molar refractivity (Wildman–Crippen MR) is 427 cm³/mol. The number of benzene rings is 6. The second kappa shape index (κ2) is 44.5. The number of nitrogens with two attached hydrogens (primary N) is 1. The molecule has 0 radical (unpaired) electrons. The Kier molecular flexibility index (Phi) is 34.7. The van der Waals surface area contributed by atoms with Gasteiger partial charge in [0.2, 0.25) is 0 Å². The smallest absolute Gasteiger partial charge is 0.257 e. The Bertz CT molecular complexity index is 5340. The highest BCUT2D eigenvalue weighted by atomic mass is 32.2. The van der Waals surface area contributed by atoms with E-state index in [1.807, 2.05) is 36.4 Å². The average molecular weight is 1590 g/mol. The van der Waals surface area contributed by atoms with E-state index in [0.717, 1.165) is 11.6 Å². The Hall–Kier alpha value is -12.5. The van der Waals surface area contributed by atoms with Crippen molar-refractivity contribution in [3.63, 3.8) is 0 Å². The first-order valence-electron chi connectivity index (χ1n) is 34.1. The maximum Gasteiger partial charge on any atom is 0.257 e. The van der Waals surface area contributed by atoms with E-state index in [2.05, 4.69) is 121 Å². The van der Waals surface area contributed by atoms with E-state index in [-0.39, 0.29) is 116 Å². The van der Waals surface area contributed by atoms with Crippen molar-refractivity contribution in [3.8, 4) is 138 Å². The number of halogens is 6. The first kappa shape index (κ1) is 88.7. The monoisotopic (exact) mass is 1590 g/mol. The van der Waals surface area contributed by atoms with Gasteiger partial charge in [-0.05, 0) is 169 Å². The lowest BCUT2D eigenvalue weighted by Gasteiger charge is -2.46. The largest absolute Gasteiger partial charge is 0.394 e. The van der Waals surface area contributed by atoms with Crippen LogP contribution in [0.3, 0.4) is 0 Å². The summed E-state index contributed by atoms with van der Waals surface area (Å²) >= 11 is 4.04. The zero-order valence-corrected chi connectivity index (χ0v) is 62.6. The van der Waals surface area contributed by atoms with Crippen molar-refractivity contribution < 1.29 is 65.1 Å². The van der Waals surface area contributed by atoms with Crippen LogP contribution in [-0.4, -0.2) is 113 Å². The molecule has 26 heteroatoms. The number of hydrogen-bond donors (Lipinski definition) is 5. The third kappa shape index (κ3) is 23.6. The molecule has 6 aliphatic rings. The number of amides is 2. The van der Waals surface area contributed by atoms with Crippen molar-refractivity contribution in [2.45, 2.75) is 75.1 Å². The SMILES string of the molecule is C.C#CC#CC#CC#CC#C.C#CC#CC#CC#CC#CC.N#Cc1cc([C@]23CO[C@@H](CO)C[C@H]2CSC(N)=N3)c(F)cc1F.N#Cc1cc([C@]23CO[C@@H](CO)C[C@H]2CSC(NC(=O)c2ccccc2)=N3)c(F)cc1F.N#Cc1cc([C@]23CO[C@@H](COCc4ccccc4)C[C@H]2CSC(NC(=O)c2ccccc2)=N3)c(F)cc1F. The summed E-state index contributed by atoms with van der Waals surface area (Å²) in [5.41, 5.74) is 3.63. The molecular formula is C88H69F6N9O8S3. The number of thioether (sulfide) groups is 3. The number of fused-ring (bicyclic) bond motifs is 3. The molecular weight excluding hydrogens is 1520 g/mol. The number of carbonyl (C=O) groups is 2. The fourth-order valence-corrected chi connectivity index (χ4v) is 15.7. The number of aliphatic hydroxyl groups excluding tert-OH is 2. The number of aliphatic hydroxyl groups is 2. The van der Waals surface area contributed by atoms with Crippen molar-refractivity contribution in [2.75, 3.05) is 56.9 Å². The van der Waals surface area contributed by atoms with Crippen LogP contribution in [0, 0.1) is 207 Å². The molecule has 114 heavy (non-hydrogen) atoms. The van der Waals surface area contributed by atoms with Crippen LogP contribution in [0.1, 0.15) is 93.3 Å². The fraction of sp³-hybridized carbons (Fsp3) is 0.273. The molecule has 0 spiro atoms. The summed E-state index contributed by atoms with van der Waals surface area (Å²) in [6.45, 7) is 2.13. The summed E-state index contributed by atoms with van der Waals surface area (Å²) in [5.74, 6) is 35.4. The van der Waals surface area contributed by atoms with Crippen LogP contribution in [-0.2, 0) is 42.2 Å². The first-order chi connectivity index (χ1) is 54.8. The minimum absolute atomic E-state index is 0. The number of nitrogens with zero attached hydrogens (tertiary/aromatic N) is 6. The summed E-state index contributed by atoms with van der Waals surface area (Å²) in [6.07, 6.45) is 14.9. The summed E-state index contributed by atoms with van der Waals surface area (Å²) in [6, 6.07) is 38.0. The zero-order chi connectivity index (χ0) is 81.2. The number of amidine groups is 3. The van der Waals surface area contributed by atoms with Gasteiger partial charge < -0.3 is 45.5 Å². The van der Waals surface area contributed by atoms with Crippen molar-refractivity contribution >= 4 is 62.6 Å². The van der Waals surface area contributed by atoms with E-state index in [1.54, 1.807) is 79.7 Å². The van der Waals surface area contributed by atoms with Gasteiger partial charge in [0.1, 0.15) is 69.7 Å². The molecule has 2 amide bonds. The van der Waals surface area contributed by atoms with Crippen LogP contribution in [0.25, 0.3) is 0 Å². The van der Waals surface area contributed by atoms with E-state index >= 15 is 4.39 Å². The van der Waals surface area contributed by atoms with Crippen LogP contribution in [0.2, 0.25) is 0 Å². The molecule has 12 rings (SSSR count). The van der Waals surface area contributed by atoms with Crippen molar-refractivity contribution in [1.29, 1.82) is 15.8 Å². The third-order valence-corrected chi connectivity index (χ3v) is 20.8. The van der Waals surface area contributed by atoms with Gasteiger partial charge in [-0.1, -0.05) is 115 Å². The molecule has 3 fully saturated rings. The summed E-state index contributed by atoms with van der Waals surface area (Å²) < 4.78 is 110. The van der Waals surface area contributed by atoms with Crippen molar-refractivity contribution in [2.24, 2.45) is 38.5 Å². The molecule has 6 N–H and O–H groups in total. The lowest BCUT2D eigenvalue weighted by atomic mass is 9.74.